The molecule has 1 unspecified atom stereocenters. The van der Waals surface area contributed by atoms with Crippen LogP contribution in [0.1, 0.15) is 32.3 Å². The van der Waals surface area contributed by atoms with Gasteiger partial charge in [0.1, 0.15) is 11.8 Å². The lowest BCUT2D eigenvalue weighted by Gasteiger charge is -2.26. The fourth-order valence-corrected chi connectivity index (χ4v) is 2.32. The predicted molar refractivity (Wildman–Crippen MR) is 79.8 cm³/mol. The number of hydrogen-bond donors (Lipinski definition) is 1. The van der Waals surface area contributed by atoms with Crippen molar-refractivity contribution in [2.24, 2.45) is 0 Å². The molecule has 1 aromatic rings. The summed E-state index contributed by atoms with van der Waals surface area (Å²) in [6, 6.07) is 7.52. The Hall–Kier alpha value is -2.04. The summed E-state index contributed by atoms with van der Waals surface area (Å²) >= 11 is 0. The zero-order valence-corrected chi connectivity index (χ0v) is 12.8. The molecule has 114 valence electrons. The molecule has 1 aliphatic rings. The van der Waals surface area contributed by atoms with Gasteiger partial charge in [0.15, 0.2) is 0 Å². The molecule has 1 aliphatic carbocycles. The number of ether oxygens (including phenoxy) is 1. The van der Waals surface area contributed by atoms with E-state index >= 15 is 0 Å². The van der Waals surface area contributed by atoms with Crippen molar-refractivity contribution in [3.63, 3.8) is 0 Å². The summed E-state index contributed by atoms with van der Waals surface area (Å²) in [5, 5.41) is 2.66. The number of carbonyl (C=O) groups excluding carboxylic acids is 2. The Morgan fingerprint density at radius 3 is 2.43 bits per heavy atom. The van der Waals surface area contributed by atoms with Gasteiger partial charge >= 0.3 is 0 Å². The van der Waals surface area contributed by atoms with Gasteiger partial charge in [0.25, 0.3) is 0 Å². The van der Waals surface area contributed by atoms with Crippen LogP contribution >= 0.6 is 0 Å². The van der Waals surface area contributed by atoms with Crippen molar-refractivity contribution in [3.05, 3.63) is 29.8 Å². The van der Waals surface area contributed by atoms with E-state index in [0.29, 0.717) is 12.6 Å². The molecule has 1 saturated carbocycles. The first-order valence-corrected chi connectivity index (χ1v) is 7.21. The molecule has 0 aliphatic heterocycles. The SMILES string of the molecule is COc1ccc(CN(C(=O)C(C)NC(C)=O)C2CC2)cc1. The van der Waals surface area contributed by atoms with Crippen LogP contribution in [0.4, 0.5) is 0 Å². The van der Waals surface area contributed by atoms with E-state index in [2.05, 4.69) is 5.32 Å². The van der Waals surface area contributed by atoms with Crippen molar-refractivity contribution in [3.8, 4) is 5.75 Å². The molecule has 5 nitrogen and oxygen atoms in total. The topological polar surface area (TPSA) is 58.6 Å². The number of nitrogens with zero attached hydrogens (tertiary/aromatic N) is 1. The minimum Gasteiger partial charge on any atom is -0.497 e. The van der Waals surface area contributed by atoms with E-state index in [1.165, 1.54) is 6.92 Å². The summed E-state index contributed by atoms with van der Waals surface area (Å²) in [4.78, 5) is 25.4. The quantitative estimate of drug-likeness (QED) is 0.867. The van der Waals surface area contributed by atoms with Crippen molar-refractivity contribution in [1.29, 1.82) is 0 Å². The standard InChI is InChI=1S/C16H22N2O3/c1-11(17-12(2)19)16(20)18(14-6-7-14)10-13-4-8-15(21-3)9-5-13/h4-5,8-9,11,14H,6-7,10H2,1-3H3,(H,17,19). The Bertz CT molecular complexity index is 509. The lowest BCUT2D eigenvalue weighted by molar-refractivity contribution is -0.136. The highest BCUT2D eigenvalue weighted by atomic mass is 16.5. The van der Waals surface area contributed by atoms with E-state index in [4.69, 9.17) is 4.74 Å². The van der Waals surface area contributed by atoms with Crippen molar-refractivity contribution in [2.45, 2.75) is 45.3 Å². The van der Waals surface area contributed by atoms with Crippen LogP contribution in [0.3, 0.4) is 0 Å². The highest BCUT2D eigenvalue weighted by molar-refractivity contribution is 5.86. The maximum absolute atomic E-state index is 12.5. The number of amides is 2. The number of benzene rings is 1. The van der Waals surface area contributed by atoms with Crippen molar-refractivity contribution in [1.82, 2.24) is 10.2 Å². The van der Waals surface area contributed by atoms with E-state index < -0.39 is 6.04 Å². The molecule has 1 atom stereocenters. The Labute approximate surface area is 125 Å². The molecule has 5 heteroatoms. The third kappa shape index (κ3) is 4.21. The lowest BCUT2D eigenvalue weighted by atomic mass is 10.2. The molecular weight excluding hydrogens is 268 g/mol. The minimum absolute atomic E-state index is 0.0245. The Kier molecular flexibility index (Phi) is 4.83. The molecule has 1 N–H and O–H groups in total. The van der Waals surface area contributed by atoms with Crippen LogP contribution in [-0.2, 0) is 16.1 Å². The first-order valence-electron chi connectivity index (χ1n) is 7.21. The Balaban J connectivity index is 2.04. The fourth-order valence-electron chi connectivity index (χ4n) is 2.32. The molecule has 2 amide bonds. The van der Waals surface area contributed by atoms with Crippen molar-refractivity contribution >= 4 is 11.8 Å². The Morgan fingerprint density at radius 1 is 1.33 bits per heavy atom. The molecular formula is C16H22N2O3. The first-order chi connectivity index (χ1) is 10.0. The maximum atomic E-state index is 12.5. The second kappa shape index (κ2) is 6.61. The van der Waals surface area contributed by atoms with Crippen molar-refractivity contribution < 1.29 is 14.3 Å². The number of nitrogens with one attached hydrogen (secondary N) is 1. The number of hydrogen-bond acceptors (Lipinski definition) is 3. The average molecular weight is 290 g/mol. The normalized spacial score (nSPS) is 15.2. The molecule has 2 rings (SSSR count). The van der Waals surface area contributed by atoms with Crippen LogP contribution in [0.5, 0.6) is 5.75 Å². The molecule has 0 saturated heterocycles. The molecule has 0 aromatic heterocycles. The van der Waals surface area contributed by atoms with Crippen LogP contribution < -0.4 is 10.1 Å². The van der Waals surface area contributed by atoms with Crippen molar-refractivity contribution in [2.75, 3.05) is 7.11 Å². The maximum Gasteiger partial charge on any atom is 0.245 e. The molecule has 1 fully saturated rings. The highest BCUT2D eigenvalue weighted by Gasteiger charge is 2.34. The van der Waals surface area contributed by atoms with Gasteiger partial charge in [-0.15, -0.1) is 0 Å². The van der Waals surface area contributed by atoms with Gasteiger partial charge in [0, 0.05) is 19.5 Å². The number of methoxy groups -OCH3 is 1. The largest absolute Gasteiger partial charge is 0.497 e. The summed E-state index contributed by atoms with van der Waals surface area (Å²) < 4.78 is 5.14. The van der Waals surface area contributed by atoms with Crippen LogP contribution in [0.2, 0.25) is 0 Å². The second-order valence-corrected chi connectivity index (χ2v) is 5.47. The predicted octanol–water partition coefficient (Wildman–Crippen LogP) is 1.71. The van der Waals surface area contributed by atoms with E-state index in [1.807, 2.05) is 29.2 Å². The molecule has 0 radical (unpaired) electrons. The van der Waals surface area contributed by atoms with Gasteiger partial charge in [0.2, 0.25) is 11.8 Å². The van der Waals surface area contributed by atoms with Crippen LogP contribution in [-0.4, -0.2) is 35.9 Å². The third-order valence-electron chi connectivity index (χ3n) is 3.57. The first kappa shape index (κ1) is 15.4. The summed E-state index contributed by atoms with van der Waals surface area (Å²) in [7, 11) is 1.63. The summed E-state index contributed by atoms with van der Waals surface area (Å²) in [5.41, 5.74) is 1.06. The van der Waals surface area contributed by atoms with Gasteiger partial charge in [-0.3, -0.25) is 9.59 Å². The molecule has 21 heavy (non-hydrogen) atoms. The van der Waals surface area contributed by atoms with Gasteiger partial charge in [-0.25, -0.2) is 0 Å². The van der Waals surface area contributed by atoms with Crippen LogP contribution in [0.25, 0.3) is 0 Å². The zero-order valence-electron chi connectivity index (χ0n) is 12.8. The third-order valence-corrected chi connectivity index (χ3v) is 3.57. The lowest BCUT2D eigenvalue weighted by Crippen LogP contribution is -2.46. The smallest absolute Gasteiger partial charge is 0.245 e. The second-order valence-electron chi connectivity index (χ2n) is 5.47. The average Bonchev–Trinajstić information content (AvgIpc) is 3.28. The van der Waals surface area contributed by atoms with E-state index in [1.54, 1.807) is 14.0 Å². The number of rotatable bonds is 6. The molecule has 1 aromatic carbocycles. The van der Waals surface area contributed by atoms with Gasteiger partial charge in [0.05, 0.1) is 7.11 Å². The van der Waals surface area contributed by atoms with Gasteiger partial charge in [-0.05, 0) is 37.5 Å². The molecule has 0 bridgehead atoms. The van der Waals surface area contributed by atoms with Gasteiger partial charge < -0.3 is 15.0 Å². The summed E-state index contributed by atoms with van der Waals surface area (Å²) in [6.07, 6.45) is 2.07. The van der Waals surface area contributed by atoms with Gasteiger partial charge in [-0.2, -0.15) is 0 Å². The van der Waals surface area contributed by atoms with Crippen LogP contribution in [0.15, 0.2) is 24.3 Å². The van der Waals surface area contributed by atoms with E-state index in [9.17, 15) is 9.59 Å². The monoisotopic (exact) mass is 290 g/mol. The summed E-state index contributed by atoms with van der Waals surface area (Å²) in [6.45, 7) is 3.72. The van der Waals surface area contributed by atoms with Crippen LogP contribution in [0, 0.1) is 0 Å². The number of carbonyl (C=O) groups is 2. The van der Waals surface area contributed by atoms with E-state index in [0.717, 1.165) is 24.2 Å². The fraction of sp³-hybridized carbons (Fsp3) is 0.500. The van der Waals surface area contributed by atoms with E-state index in [-0.39, 0.29) is 11.8 Å². The summed E-state index contributed by atoms with van der Waals surface area (Å²) in [5.74, 6) is 0.592. The minimum atomic E-state index is -0.485. The molecule has 0 spiro atoms. The highest BCUT2D eigenvalue weighted by Crippen LogP contribution is 2.29. The Morgan fingerprint density at radius 2 is 1.95 bits per heavy atom. The molecule has 0 heterocycles. The zero-order chi connectivity index (χ0) is 15.4. The van der Waals surface area contributed by atoms with Gasteiger partial charge in [-0.1, -0.05) is 12.1 Å².